The molecule has 0 saturated heterocycles. The topological polar surface area (TPSA) is 89.0 Å². The third-order valence-electron chi connectivity index (χ3n) is 5.83. The molecule has 0 aromatic heterocycles. The number of hydrogen-bond acceptors (Lipinski definition) is 5. The molecule has 0 saturated carbocycles. The van der Waals surface area contributed by atoms with Crippen molar-refractivity contribution in [3.63, 3.8) is 0 Å². The Kier molecular flexibility index (Phi) is 9.69. The maximum Gasteiger partial charge on any atom is 0.251 e. The molecule has 0 heterocycles. The number of hydrogen-bond donors (Lipinski definition) is 2. The van der Waals surface area contributed by atoms with Crippen molar-refractivity contribution in [1.82, 2.24) is 10.7 Å². The summed E-state index contributed by atoms with van der Waals surface area (Å²) in [7, 11) is 1.56. The number of nitrogens with one attached hydrogen (secondary N) is 2. The molecule has 7 nitrogen and oxygen atoms in total. The first kappa shape index (κ1) is 27.4. The zero-order valence-corrected chi connectivity index (χ0v) is 22.1. The van der Waals surface area contributed by atoms with Gasteiger partial charge in [-0.3, -0.25) is 9.59 Å². The number of carbonyl (C=O) groups is 2. The number of benzene rings is 4. The van der Waals surface area contributed by atoms with Crippen LogP contribution in [-0.2, 0) is 11.4 Å². The molecule has 0 fully saturated rings. The molecule has 0 bridgehead atoms. The molecule has 4 rings (SSSR count). The highest BCUT2D eigenvalue weighted by Crippen LogP contribution is 2.28. The number of amides is 2. The molecule has 1 atom stereocenters. The van der Waals surface area contributed by atoms with Crippen molar-refractivity contribution in [2.24, 2.45) is 5.10 Å². The molecule has 4 aromatic carbocycles. The van der Waals surface area contributed by atoms with Crippen LogP contribution in [0.4, 0.5) is 0 Å². The van der Waals surface area contributed by atoms with Gasteiger partial charge in [-0.05, 0) is 59.2 Å². The molecule has 0 aliphatic heterocycles. The number of rotatable bonds is 11. The van der Waals surface area contributed by atoms with Crippen LogP contribution in [0, 0.1) is 0 Å². The van der Waals surface area contributed by atoms with E-state index in [0.29, 0.717) is 34.3 Å². The Morgan fingerprint density at radius 3 is 2.28 bits per heavy atom. The van der Waals surface area contributed by atoms with Gasteiger partial charge in [0, 0.05) is 10.6 Å². The zero-order chi connectivity index (χ0) is 27.5. The fraction of sp³-hybridized carbons (Fsp3) is 0.129. The Hall–Kier alpha value is -4.62. The lowest BCUT2D eigenvalue weighted by Gasteiger charge is -2.18. The molecular weight excluding hydrogens is 514 g/mol. The number of nitrogens with zero attached hydrogens (tertiary/aromatic N) is 1. The Labute approximate surface area is 232 Å². The van der Waals surface area contributed by atoms with Gasteiger partial charge in [-0.15, -0.1) is 0 Å². The molecule has 2 amide bonds. The lowest BCUT2D eigenvalue weighted by Crippen LogP contribution is -2.32. The Bertz CT molecular complexity index is 1410. The highest BCUT2D eigenvalue weighted by Gasteiger charge is 2.19. The second kappa shape index (κ2) is 13.8. The minimum atomic E-state index is -0.522. The first-order valence-corrected chi connectivity index (χ1v) is 12.7. The maximum atomic E-state index is 12.7. The van der Waals surface area contributed by atoms with E-state index in [1.54, 1.807) is 43.5 Å². The van der Waals surface area contributed by atoms with Crippen LogP contribution in [0.5, 0.6) is 11.5 Å². The second-order valence-electron chi connectivity index (χ2n) is 8.63. The van der Waals surface area contributed by atoms with Crippen LogP contribution >= 0.6 is 11.6 Å². The van der Waals surface area contributed by atoms with E-state index in [9.17, 15) is 9.59 Å². The van der Waals surface area contributed by atoms with Gasteiger partial charge < -0.3 is 14.8 Å². The van der Waals surface area contributed by atoms with E-state index in [1.807, 2.05) is 66.7 Å². The molecule has 0 radical (unpaired) electrons. The highest BCUT2D eigenvalue weighted by molar-refractivity contribution is 6.30. The summed E-state index contributed by atoms with van der Waals surface area (Å²) in [5, 5.41) is 7.70. The van der Waals surface area contributed by atoms with E-state index >= 15 is 0 Å². The quantitative estimate of drug-likeness (QED) is 0.182. The maximum absolute atomic E-state index is 12.7. The summed E-state index contributed by atoms with van der Waals surface area (Å²) < 4.78 is 11.3. The SMILES string of the molecule is COc1cc(/C=N\NC(=O)C[C@H](NC(=O)c2ccccc2)c2ccccc2)ccc1OCc1ccc(Cl)cc1. The summed E-state index contributed by atoms with van der Waals surface area (Å²) in [5.41, 5.74) is 5.57. The normalized spacial score (nSPS) is 11.5. The molecule has 198 valence electrons. The Balaban J connectivity index is 1.36. The van der Waals surface area contributed by atoms with Crippen molar-refractivity contribution in [3.05, 3.63) is 130 Å². The van der Waals surface area contributed by atoms with Crippen molar-refractivity contribution < 1.29 is 19.1 Å². The van der Waals surface area contributed by atoms with Crippen LogP contribution in [0.2, 0.25) is 5.02 Å². The standard InChI is InChI=1S/C31H28ClN3O4/c1-38-29-18-23(14-17-28(29)39-21-22-12-15-26(32)16-13-22)20-33-35-30(36)19-27(24-8-4-2-5-9-24)34-31(37)25-10-6-3-7-11-25/h2-18,20,27H,19,21H2,1H3,(H,34,37)(H,35,36)/b33-20-/t27-/m0/s1. The zero-order valence-electron chi connectivity index (χ0n) is 21.3. The summed E-state index contributed by atoms with van der Waals surface area (Å²) in [6.45, 7) is 0.362. The van der Waals surface area contributed by atoms with Gasteiger partial charge in [-0.25, -0.2) is 5.43 Å². The second-order valence-corrected chi connectivity index (χ2v) is 9.06. The van der Waals surface area contributed by atoms with Crippen LogP contribution in [0.1, 0.15) is 39.5 Å². The average molecular weight is 542 g/mol. The molecular formula is C31H28ClN3O4. The van der Waals surface area contributed by atoms with Crippen LogP contribution in [0.25, 0.3) is 0 Å². The molecule has 0 spiro atoms. The van der Waals surface area contributed by atoms with E-state index in [1.165, 1.54) is 6.21 Å². The fourth-order valence-corrected chi connectivity index (χ4v) is 3.93. The minimum Gasteiger partial charge on any atom is -0.493 e. The lowest BCUT2D eigenvalue weighted by atomic mass is 10.0. The first-order valence-electron chi connectivity index (χ1n) is 12.3. The van der Waals surface area contributed by atoms with Crippen LogP contribution in [0.3, 0.4) is 0 Å². The third kappa shape index (κ3) is 8.18. The number of methoxy groups -OCH3 is 1. The smallest absolute Gasteiger partial charge is 0.251 e. The minimum absolute atomic E-state index is 0.0146. The highest BCUT2D eigenvalue weighted by atomic mass is 35.5. The predicted molar refractivity (Wildman–Crippen MR) is 152 cm³/mol. The number of carbonyl (C=O) groups excluding carboxylic acids is 2. The number of hydrazone groups is 1. The van der Waals surface area contributed by atoms with Crippen LogP contribution < -0.4 is 20.2 Å². The van der Waals surface area contributed by atoms with E-state index in [4.69, 9.17) is 21.1 Å². The number of ether oxygens (including phenoxy) is 2. The van der Waals surface area contributed by atoms with Crippen LogP contribution in [0.15, 0.2) is 108 Å². The van der Waals surface area contributed by atoms with E-state index in [0.717, 1.165) is 11.1 Å². The van der Waals surface area contributed by atoms with Crippen molar-refractivity contribution in [1.29, 1.82) is 0 Å². The number of halogens is 1. The molecule has 8 heteroatoms. The molecule has 4 aromatic rings. The largest absolute Gasteiger partial charge is 0.493 e. The Morgan fingerprint density at radius 2 is 1.59 bits per heavy atom. The van der Waals surface area contributed by atoms with Gasteiger partial charge in [-0.1, -0.05) is 72.3 Å². The fourth-order valence-electron chi connectivity index (χ4n) is 3.80. The lowest BCUT2D eigenvalue weighted by molar-refractivity contribution is -0.121. The molecule has 0 unspecified atom stereocenters. The summed E-state index contributed by atoms with van der Waals surface area (Å²) >= 11 is 5.93. The van der Waals surface area contributed by atoms with Crippen molar-refractivity contribution >= 4 is 29.6 Å². The molecule has 39 heavy (non-hydrogen) atoms. The van der Waals surface area contributed by atoms with Crippen molar-refractivity contribution in [2.45, 2.75) is 19.1 Å². The van der Waals surface area contributed by atoms with Crippen molar-refractivity contribution in [3.8, 4) is 11.5 Å². The first-order chi connectivity index (χ1) is 19.0. The van der Waals surface area contributed by atoms with Gasteiger partial charge in [0.2, 0.25) is 5.91 Å². The monoisotopic (exact) mass is 541 g/mol. The summed E-state index contributed by atoms with van der Waals surface area (Å²) in [5.74, 6) is 0.509. The average Bonchev–Trinajstić information content (AvgIpc) is 2.97. The molecule has 0 aliphatic carbocycles. The summed E-state index contributed by atoms with van der Waals surface area (Å²) in [4.78, 5) is 25.5. The van der Waals surface area contributed by atoms with Gasteiger partial charge in [0.1, 0.15) is 6.61 Å². The van der Waals surface area contributed by atoms with Gasteiger partial charge in [0.05, 0.1) is 25.8 Å². The summed E-state index contributed by atoms with van der Waals surface area (Å²) in [6.07, 6.45) is 1.53. The van der Waals surface area contributed by atoms with Crippen molar-refractivity contribution in [2.75, 3.05) is 7.11 Å². The summed E-state index contributed by atoms with van der Waals surface area (Å²) in [6, 6.07) is 30.5. The van der Waals surface area contributed by atoms with E-state index in [2.05, 4.69) is 15.8 Å². The molecule has 0 aliphatic rings. The van der Waals surface area contributed by atoms with Gasteiger partial charge >= 0.3 is 0 Å². The third-order valence-corrected chi connectivity index (χ3v) is 6.08. The molecule has 2 N–H and O–H groups in total. The van der Waals surface area contributed by atoms with E-state index in [-0.39, 0.29) is 18.2 Å². The Morgan fingerprint density at radius 1 is 0.897 bits per heavy atom. The van der Waals surface area contributed by atoms with Gasteiger partial charge in [-0.2, -0.15) is 5.10 Å². The van der Waals surface area contributed by atoms with E-state index < -0.39 is 6.04 Å². The predicted octanol–water partition coefficient (Wildman–Crippen LogP) is 5.94. The van der Waals surface area contributed by atoms with Gasteiger partial charge in [0.15, 0.2) is 11.5 Å². The van der Waals surface area contributed by atoms with Gasteiger partial charge in [0.25, 0.3) is 5.91 Å². The van der Waals surface area contributed by atoms with Crippen LogP contribution in [-0.4, -0.2) is 25.1 Å².